The number of amides is 3. The second-order valence-corrected chi connectivity index (χ2v) is 19.1. The molecule has 7 rings (SSSR count). The molecule has 55 heavy (non-hydrogen) atoms. The highest BCUT2D eigenvalue weighted by Crippen LogP contribution is 2.57. The van der Waals surface area contributed by atoms with Gasteiger partial charge in [0.25, 0.3) is 0 Å². The zero-order chi connectivity index (χ0) is 39.3. The molecule has 0 radical (unpaired) electrons. The van der Waals surface area contributed by atoms with Gasteiger partial charge in [-0.2, -0.15) is 0 Å². The fourth-order valence-electron chi connectivity index (χ4n) is 7.88. The van der Waals surface area contributed by atoms with Crippen LogP contribution in [0.3, 0.4) is 0 Å². The topological polar surface area (TPSA) is 161 Å². The number of aromatic nitrogens is 1. The van der Waals surface area contributed by atoms with E-state index in [0.29, 0.717) is 49.4 Å². The van der Waals surface area contributed by atoms with Crippen molar-refractivity contribution < 1.29 is 41.5 Å². The number of hydrogen-bond acceptors (Lipinski definition) is 9. The summed E-state index contributed by atoms with van der Waals surface area (Å²) in [5.74, 6) is -2.21. The van der Waals surface area contributed by atoms with Crippen molar-refractivity contribution in [2.45, 2.75) is 120 Å². The second-order valence-electron chi connectivity index (χ2n) is 16.9. The van der Waals surface area contributed by atoms with E-state index in [-0.39, 0.29) is 31.2 Å². The molecule has 4 aliphatic rings. The van der Waals surface area contributed by atoms with Crippen molar-refractivity contribution in [2.75, 3.05) is 6.54 Å². The average Bonchev–Trinajstić information content (AvgIpc) is 3.99. The van der Waals surface area contributed by atoms with Crippen LogP contribution in [0, 0.1) is 17.2 Å². The molecular formula is C41H49FN4O8S. The minimum atomic E-state index is -3.97. The summed E-state index contributed by atoms with van der Waals surface area (Å²) in [6, 6.07) is 9.70. The van der Waals surface area contributed by atoms with E-state index >= 15 is 0 Å². The first-order valence-corrected chi connectivity index (χ1v) is 20.7. The number of nitrogens with one attached hydrogen (secondary N) is 2. The molecule has 1 saturated heterocycles. The summed E-state index contributed by atoms with van der Waals surface area (Å²) in [7, 11) is -3.97. The average molecular weight is 777 g/mol. The third kappa shape index (κ3) is 8.06. The van der Waals surface area contributed by atoms with Gasteiger partial charge in [0.2, 0.25) is 27.7 Å². The lowest BCUT2D eigenvalue weighted by Gasteiger charge is -2.30. The Kier molecular flexibility index (Phi) is 10.2. The molecule has 3 fully saturated rings. The van der Waals surface area contributed by atoms with Crippen LogP contribution in [0.4, 0.5) is 9.18 Å². The SMILES string of the molecule is CC(C)(C)OC(=O)N[C@H]1CCCCC/C=C\[C@@H]2C[C@@]2(C(=O)NS(=O)(=O)C2(C)CC2)CC(=O)[C@@H]2C[C@@H](Oc3nc4cc(F)ccc4c4ccccc34)CN2C1=O. The molecule has 0 spiro atoms. The fourth-order valence-corrected chi connectivity index (χ4v) is 9.22. The maximum Gasteiger partial charge on any atom is 0.408 e. The zero-order valence-corrected chi connectivity index (χ0v) is 32.5. The summed E-state index contributed by atoms with van der Waals surface area (Å²) >= 11 is 0. The number of benzene rings is 2. The molecule has 0 unspecified atom stereocenters. The lowest BCUT2D eigenvalue weighted by molar-refractivity contribution is -0.140. The molecule has 3 heterocycles. The summed E-state index contributed by atoms with van der Waals surface area (Å²) in [6.45, 7) is 6.74. The highest BCUT2D eigenvalue weighted by molar-refractivity contribution is 7.91. The predicted molar refractivity (Wildman–Crippen MR) is 204 cm³/mol. The van der Waals surface area contributed by atoms with Gasteiger partial charge in [-0.15, -0.1) is 0 Å². The van der Waals surface area contributed by atoms with E-state index in [1.165, 1.54) is 17.0 Å². The Hall–Kier alpha value is -4.59. The quantitative estimate of drug-likeness (QED) is 0.218. The molecule has 1 aromatic heterocycles. The van der Waals surface area contributed by atoms with Crippen LogP contribution in [-0.4, -0.2) is 77.1 Å². The van der Waals surface area contributed by atoms with Crippen molar-refractivity contribution in [2.24, 2.45) is 11.3 Å². The smallest absolute Gasteiger partial charge is 0.408 e. The maximum absolute atomic E-state index is 14.6. The van der Waals surface area contributed by atoms with E-state index in [2.05, 4.69) is 15.0 Å². The van der Waals surface area contributed by atoms with Gasteiger partial charge in [0.05, 0.1) is 28.3 Å². The van der Waals surface area contributed by atoms with E-state index in [1.807, 2.05) is 36.4 Å². The number of sulfonamides is 1. The summed E-state index contributed by atoms with van der Waals surface area (Å²) in [4.78, 5) is 62.2. The Morgan fingerprint density at radius 3 is 2.49 bits per heavy atom. The van der Waals surface area contributed by atoms with Crippen molar-refractivity contribution in [1.82, 2.24) is 19.9 Å². The standard InChI is InChI=1S/C41H49FN4O8S/c1-39(2,3)54-38(50)44-31-15-9-7-5-6-8-12-25-22-41(25,37(49)45-55(51,52)40(4)18-19-40)23-34(47)33-21-27(24-46(33)36(31)48)53-35-30-14-11-10-13-28(30)29-17-16-26(42)20-32(29)43-35/h8,10-14,16-17,20,25,27,31,33H,5-7,9,15,18-19,21-24H2,1-4H3,(H,44,50)(H,45,49)/b12-8-/t25-,27-,31+,33+,41-/m1/s1. The van der Waals surface area contributed by atoms with Crippen molar-refractivity contribution in [3.05, 3.63) is 60.4 Å². The van der Waals surface area contributed by atoms with Crippen LogP contribution in [0.1, 0.15) is 91.9 Å². The van der Waals surface area contributed by atoms with Crippen LogP contribution in [0.25, 0.3) is 21.7 Å². The number of fused-ring (bicyclic) bond motifs is 5. The molecule has 3 aromatic rings. The molecule has 12 nitrogen and oxygen atoms in total. The summed E-state index contributed by atoms with van der Waals surface area (Å²) in [6.07, 6.45) is 6.49. The van der Waals surface area contributed by atoms with E-state index < -0.39 is 73.5 Å². The van der Waals surface area contributed by atoms with Gasteiger partial charge >= 0.3 is 6.09 Å². The van der Waals surface area contributed by atoms with E-state index in [1.54, 1.807) is 33.8 Å². The Bertz CT molecular complexity index is 2180. The lowest BCUT2D eigenvalue weighted by atomic mass is 9.91. The normalized spacial score (nSPS) is 27.6. The number of pyridine rings is 1. The number of carbonyl (C=O) groups excluding carboxylic acids is 4. The number of ketones is 1. The molecule has 2 saturated carbocycles. The minimum Gasteiger partial charge on any atom is -0.472 e. The third-order valence-corrected chi connectivity index (χ3v) is 13.6. The Labute approximate surface area is 320 Å². The fraction of sp³-hybridized carbons (Fsp3) is 0.537. The van der Waals surface area contributed by atoms with Gasteiger partial charge in [0.15, 0.2) is 5.78 Å². The predicted octanol–water partition coefficient (Wildman–Crippen LogP) is 6.25. The van der Waals surface area contributed by atoms with E-state index in [9.17, 15) is 32.0 Å². The molecule has 14 heteroatoms. The first kappa shape index (κ1) is 38.7. The van der Waals surface area contributed by atoms with Crippen LogP contribution in [0.15, 0.2) is 54.6 Å². The van der Waals surface area contributed by atoms with Crippen molar-refractivity contribution in [3.63, 3.8) is 0 Å². The number of nitrogens with zero attached hydrogens (tertiary/aromatic N) is 2. The number of halogens is 1. The molecule has 2 aromatic carbocycles. The van der Waals surface area contributed by atoms with Gasteiger partial charge in [-0.05, 0) is 95.7 Å². The molecule has 294 valence electrons. The van der Waals surface area contributed by atoms with Crippen molar-refractivity contribution in [3.8, 4) is 5.88 Å². The first-order valence-electron chi connectivity index (χ1n) is 19.2. The van der Waals surface area contributed by atoms with Crippen LogP contribution in [0.2, 0.25) is 0 Å². The van der Waals surface area contributed by atoms with Gasteiger partial charge in [-0.1, -0.05) is 43.2 Å². The monoisotopic (exact) mass is 776 g/mol. The minimum absolute atomic E-state index is 0.0335. The lowest BCUT2D eigenvalue weighted by Crippen LogP contribution is -2.53. The highest BCUT2D eigenvalue weighted by Gasteiger charge is 2.62. The molecular weight excluding hydrogens is 728 g/mol. The van der Waals surface area contributed by atoms with Gasteiger partial charge < -0.3 is 19.7 Å². The number of rotatable bonds is 6. The highest BCUT2D eigenvalue weighted by atomic mass is 32.2. The van der Waals surface area contributed by atoms with Crippen LogP contribution < -0.4 is 14.8 Å². The third-order valence-electron chi connectivity index (χ3n) is 11.5. The molecule has 2 aliphatic carbocycles. The second kappa shape index (κ2) is 14.5. The summed E-state index contributed by atoms with van der Waals surface area (Å²) in [5.41, 5.74) is -1.73. The van der Waals surface area contributed by atoms with Gasteiger partial charge in [-0.3, -0.25) is 19.1 Å². The Morgan fingerprint density at radius 2 is 1.76 bits per heavy atom. The van der Waals surface area contributed by atoms with Crippen molar-refractivity contribution >= 4 is 55.4 Å². The number of hydrogen-bond donors (Lipinski definition) is 2. The maximum atomic E-state index is 14.6. The van der Waals surface area contributed by atoms with Crippen molar-refractivity contribution in [1.29, 1.82) is 0 Å². The number of allylic oxidation sites excluding steroid dienone is 2. The molecule has 3 amide bonds. The molecule has 5 atom stereocenters. The van der Waals surface area contributed by atoms with Gasteiger partial charge in [0.1, 0.15) is 23.6 Å². The summed E-state index contributed by atoms with van der Waals surface area (Å²) in [5, 5.41) is 4.95. The van der Waals surface area contributed by atoms with Crippen LogP contribution >= 0.6 is 0 Å². The largest absolute Gasteiger partial charge is 0.472 e. The molecule has 2 N–H and O–H groups in total. The van der Waals surface area contributed by atoms with Crippen LogP contribution in [-0.2, 0) is 29.1 Å². The first-order chi connectivity index (χ1) is 26.0. The number of carbonyl (C=O) groups is 4. The zero-order valence-electron chi connectivity index (χ0n) is 31.7. The van der Waals surface area contributed by atoms with Gasteiger partial charge in [-0.25, -0.2) is 22.6 Å². The summed E-state index contributed by atoms with van der Waals surface area (Å²) < 4.78 is 54.0. The number of Topliss-reactive ketones (excluding diaryl/α,β-unsaturated/α-hetero) is 1. The Balaban J connectivity index is 1.22. The molecule has 2 aliphatic heterocycles. The van der Waals surface area contributed by atoms with E-state index in [0.717, 1.165) is 23.6 Å². The molecule has 0 bridgehead atoms. The van der Waals surface area contributed by atoms with Crippen LogP contribution in [0.5, 0.6) is 5.88 Å². The Morgan fingerprint density at radius 1 is 1.02 bits per heavy atom. The van der Waals surface area contributed by atoms with Gasteiger partial charge in [0, 0.05) is 29.7 Å². The number of alkyl carbamates (subject to hydrolysis) is 1. The number of ether oxygens (including phenoxy) is 2. The van der Waals surface area contributed by atoms with E-state index in [4.69, 9.17) is 9.47 Å².